The van der Waals surface area contributed by atoms with E-state index in [0.29, 0.717) is 11.6 Å². The van der Waals surface area contributed by atoms with Crippen molar-refractivity contribution < 1.29 is 4.39 Å². The summed E-state index contributed by atoms with van der Waals surface area (Å²) >= 11 is 3.19. The van der Waals surface area contributed by atoms with E-state index in [2.05, 4.69) is 26.7 Å². The first-order chi connectivity index (χ1) is 12.8. The van der Waals surface area contributed by atoms with E-state index < -0.39 is 0 Å². The van der Waals surface area contributed by atoms with Crippen LogP contribution in [0.15, 0.2) is 36.0 Å². The fraction of sp³-hybridized carbons (Fsp3) is 0.263. The van der Waals surface area contributed by atoms with Gasteiger partial charge in [-0.3, -0.25) is 0 Å². The molecule has 0 saturated carbocycles. The van der Waals surface area contributed by atoms with E-state index in [-0.39, 0.29) is 5.82 Å². The molecule has 5 rings (SSSR count). The monoisotopic (exact) mass is 384 g/mol. The van der Waals surface area contributed by atoms with Crippen LogP contribution in [0.5, 0.6) is 0 Å². The Morgan fingerprint density at radius 2 is 2.15 bits per heavy atom. The molecule has 1 fully saturated rings. The molecule has 1 atom stereocenters. The summed E-state index contributed by atoms with van der Waals surface area (Å²) < 4.78 is 15.3. The van der Waals surface area contributed by atoms with Gasteiger partial charge < -0.3 is 10.6 Å². The quantitative estimate of drug-likeness (QED) is 0.506. The number of fused-ring (bicyclic) bond motifs is 2. The first-order valence-electron chi connectivity index (χ1n) is 8.67. The van der Waals surface area contributed by atoms with Gasteiger partial charge in [-0.05, 0) is 43.7 Å². The molecule has 4 heterocycles. The van der Waals surface area contributed by atoms with Gasteiger partial charge in [0.2, 0.25) is 0 Å². The van der Waals surface area contributed by atoms with Crippen molar-refractivity contribution in [1.29, 1.82) is 0 Å². The number of halogens is 1. The van der Waals surface area contributed by atoms with E-state index in [4.69, 9.17) is 0 Å². The summed E-state index contributed by atoms with van der Waals surface area (Å²) in [5.74, 6) is 0.275. The first kappa shape index (κ1) is 16.1. The molecule has 1 unspecified atom stereocenters. The summed E-state index contributed by atoms with van der Waals surface area (Å²) in [6, 6.07) is 7.43. The molecule has 0 radical (unpaired) electrons. The van der Waals surface area contributed by atoms with Crippen LogP contribution in [0.25, 0.3) is 20.4 Å². The maximum absolute atomic E-state index is 14.5. The molecule has 4 aromatic rings. The van der Waals surface area contributed by atoms with Gasteiger partial charge in [-0.1, -0.05) is 0 Å². The predicted octanol–water partition coefficient (Wildman–Crippen LogP) is 5.26. The third kappa shape index (κ3) is 2.86. The molecule has 2 N–H and O–H groups in total. The third-order valence-corrected chi connectivity index (χ3v) is 6.84. The highest BCUT2D eigenvalue weighted by atomic mass is 32.1. The number of nitrogens with zero attached hydrogens (tertiary/aromatic N) is 2. The van der Waals surface area contributed by atoms with Gasteiger partial charge in [0.05, 0.1) is 27.1 Å². The average molecular weight is 385 g/mol. The molecule has 1 saturated heterocycles. The highest BCUT2D eigenvalue weighted by molar-refractivity contribution is 7.18. The standard InChI is InChI=1S/C19H17FN4S2/c20-13-7-18-16(23-10-25-18)8-15(13)24-14-3-5-22-19-12(14)6-17(26-19)11-2-1-4-21-9-11/h3,5-8,10-11,21H,1-2,4,9H2,(H,22,24). The van der Waals surface area contributed by atoms with Crippen molar-refractivity contribution in [2.45, 2.75) is 18.8 Å². The number of nitrogens with one attached hydrogen (secondary N) is 2. The zero-order chi connectivity index (χ0) is 17.5. The van der Waals surface area contributed by atoms with Crippen LogP contribution in [-0.2, 0) is 0 Å². The lowest BCUT2D eigenvalue weighted by Gasteiger charge is -2.21. The third-order valence-electron chi connectivity index (χ3n) is 4.84. The second kappa shape index (κ2) is 6.57. The summed E-state index contributed by atoms with van der Waals surface area (Å²) in [6.07, 6.45) is 4.19. The lowest BCUT2D eigenvalue weighted by Crippen LogP contribution is -2.27. The molecule has 0 aliphatic carbocycles. The Hall–Kier alpha value is -2.09. The van der Waals surface area contributed by atoms with E-state index in [1.165, 1.54) is 29.1 Å². The van der Waals surface area contributed by atoms with Crippen LogP contribution in [-0.4, -0.2) is 23.1 Å². The number of aromatic nitrogens is 2. The number of thiophene rings is 1. The number of benzene rings is 1. The van der Waals surface area contributed by atoms with Crippen LogP contribution in [0, 0.1) is 5.82 Å². The summed E-state index contributed by atoms with van der Waals surface area (Å²) in [4.78, 5) is 11.1. The Labute approximate surface area is 158 Å². The minimum atomic E-state index is -0.265. The van der Waals surface area contributed by atoms with Crippen LogP contribution in [0.3, 0.4) is 0 Å². The van der Waals surface area contributed by atoms with E-state index in [0.717, 1.165) is 39.2 Å². The molecular formula is C19H17FN4S2. The molecule has 26 heavy (non-hydrogen) atoms. The normalized spacial score (nSPS) is 17.8. The van der Waals surface area contributed by atoms with Gasteiger partial charge in [0.25, 0.3) is 0 Å². The van der Waals surface area contributed by atoms with Gasteiger partial charge >= 0.3 is 0 Å². The van der Waals surface area contributed by atoms with Gasteiger partial charge in [0, 0.05) is 28.9 Å². The van der Waals surface area contributed by atoms with Crippen LogP contribution < -0.4 is 10.6 Å². The smallest absolute Gasteiger partial charge is 0.148 e. The minimum absolute atomic E-state index is 0.265. The fourth-order valence-corrected chi connectivity index (χ4v) is 5.33. The second-order valence-electron chi connectivity index (χ2n) is 6.55. The minimum Gasteiger partial charge on any atom is -0.352 e. The van der Waals surface area contributed by atoms with E-state index in [9.17, 15) is 4.39 Å². The average Bonchev–Trinajstić information content (AvgIpc) is 3.29. The second-order valence-corrected chi connectivity index (χ2v) is 8.50. The molecule has 3 aromatic heterocycles. The Morgan fingerprint density at radius 1 is 1.19 bits per heavy atom. The topological polar surface area (TPSA) is 49.8 Å². The maximum Gasteiger partial charge on any atom is 0.148 e. The van der Waals surface area contributed by atoms with Crippen molar-refractivity contribution in [3.63, 3.8) is 0 Å². The lowest BCUT2D eigenvalue weighted by molar-refractivity contribution is 0.466. The lowest BCUT2D eigenvalue weighted by atomic mass is 9.98. The number of hydrogen-bond donors (Lipinski definition) is 2. The molecule has 1 aliphatic heterocycles. The van der Waals surface area contributed by atoms with Crippen LogP contribution >= 0.6 is 22.7 Å². The number of pyridine rings is 1. The van der Waals surface area contributed by atoms with Crippen LogP contribution in [0.1, 0.15) is 23.6 Å². The summed E-state index contributed by atoms with van der Waals surface area (Å²) in [5.41, 5.74) is 3.88. The molecule has 4 nitrogen and oxygen atoms in total. The number of thiazole rings is 1. The van der Waals surface area contributed by atoms with Crippen molar-refractivity contribution in [2.24, 2.45) is 0 Å². The number of hydrogen-bond acceptors (Lipinski definition) is 6. The highest BCUT2D eigenvalue weighted by Crippen LogP contribution is 2.37. The van der Waals surface area contributed by atoms with Gasteiger partial charge in [0.15, 0.2) is 0 Å². The fourth-order valence-electron chi connectivity index (χ4n) is 3.48. The number of rotatable bonds is 3. The summed E-state index contributed by atoms with van der Waals surface area (Å²) in [6.45, 7) is 2.12. The largest absolute Gasteiger partial charge is 0.352 e. The molecule has 0 amide bonds. The van der Waals surface area contributed by atoms with Crippen molar-refractivity contribution in [1.82, 2.24) is 15.3 Å². The van der Waals surface area contributed by atoms with Gasteiger partial charge in [-0.25, -0.2) is 14.4 Å². The van der Waals surface area contributed by atoms with E-state index >= 15 is 0 Å². The van der Waals surface area contributed by atoms with Gasteiger partial charge in [-0.15, -0.1) is 22.7 Å². The molecule has 1 aromatic carbocycles. The molecule has 7 heteroatoms. The Morgan fingerprint density at radius 3 is 3.04 bits per heavy atom. The van der Waals surface area contributed by atoms with Crippen molar-refractivity contribution in [3.05, 3.63) is 46.7 Å². The van der Waals surface area contributed by atoms with E-state index in [1.54, 1.807) is 35.2 Å². The van der Waals surface area contributed by atoms with E-state index in [1.807, 2.05) is 6.07 Å². The molecule has 132 valence electrons. The summed E-state index contributed by atoms with van der Waals surface area (Å²) in [7, 11) is 0. The van der Waals surface area contributed by atoms with Crippen LogP contribution in [0.2, 0.25) is 0 Å². The number of piperidine rings is 1. The zero-order valence-corrected chi connectivity index (χ0v) is 15.6. The molecule has 0 spiro atoms. The molecule has 1 aliphatic rings. The van der Waals surface area contributed by atoms with Crippen molar-refractivity contribution in [3.8, 4) is 0 Å². The Bertz CT molecular complexity index is 1080. The molecular weight excluding hydrogens is 367 g/mol. The van der Waals surface area contributed by atoms with Crippen molar-refractivity contribution in [2.75, 3.05) is 18.4 Å². The summed E-state index contributed by atoms with van der Waals surface area (Å²) in [5, 5.41) is 7.77. The first-order valence-corrected chi connectivity index (χ1v) is 10.4. The maximum atomic E-state index is 14.5. The van der Waals surface area contributed by atoms with Crippen molar-refractivity contribution >= 4 is 54.5 Å². The SMILES string of the molecule is Fc1cc2scnc2cc1Nc1ccnc2sc(C3CCCNC3)cc12. The zero-order valence-electron chi connectivity index (χ0n) is 14.0. The van der Waals surface area contributed by atoms with Gasteiger partial charge in [-0.2, -0.15) is 0 Å². The predicted molar refractivity (Wildman–Crippen MR) is 107 cm³/mol. The molecule has 0 bridgehead atoms. The van der Waals surface area contributed by atoms with Gasteiger partial charge in [0.1, 0.15) is 10.6 Å². The Balaban J connectivity index is 1.53. The van der Waals surface area contributed by atoms with Crippen LogP contribution in [0.4, 0.5) is 15.8 Å². The Kier molecular flexibility index (Phi) is 4.07. The highest BCUT2D eigenvalue weighted by Gasteiger charge is 2.19. The number of anilines is 2.